The van der Waals surface area contributed by atoms with E-state index in [0.717, 1.165) is 30.1 Å². The van der Waals surface area contributed by atoms with Gasteiger partial charge in [0, 0.05) is 25.2 Å². The maximum atomic E-state index is 12.5. The number of nitrogens with zero attached hydrogens (tertiary/aromatic N) is 1. The number of methoxy groups -OCH3 is 2. The maximum Gasteiger partial charge on any atom is 0.220 e. The molecule has 1 heterocycles. The van der Waals surface area contributed by atoms with E-state index in [1.165, 1.54) is 18.5 Å². The number of hydrogen-bond acceptors (Lipinski definition) is 4. The number of carbonyl (C=O) groups is 1. The van der Waals surface area contributed by atoms with Gasteiger partial charge < -0.3 is 19.7 Å². The lowest BCUT2D eigenvalue weighted by molar-refractivity contribution is -0.121. The zero-order valence-electron chi connectivity index (χ0n) is 18.6. The first kappa shape index (κ1) is 22.0. The number of benzene rings is 2. The molecule has 0 spiro atoms. The molecule has 3 rings (SSSR count). The van der Waals surface area contributed by atoms with Crippen LogP contribution in [0.5, 0.6) is 11.5 Å². The highest BCUT2D eigenvalue weighted by molar-refractivity contribution is 5.76. The van der Waals surface area contributed by atoms with Gasteiger partial charge in [-0.3, -0.25) is 4.79 Å². The summed E-state index contributed by atoms with van der Waals surface area (Å²) < 4.78 is 10.6. The molecule has 30 heavy (non-hydrogen) atoms. The molecule has 5 heteroatoms. The molecule has 1 aliphatic rings. The normalized spacial score (nSPS) is 17.3. The van der Waals surface area contributed by atoms with Crippen molar-refractivity contribution in [3.63, 3.8) is 0 Å². The SMILES string of the molecule is COc1ccc(CCC(=O)N[C@H](C)c2ccc(N3CCC[C@@H](C)C3)cc2)cc1OC. The first-order valence-electron chi connectivity index (χ1n) is 10.8. The zero-order valence-corrected chi connectivity index (χ0v) is 18.6. The monoisotopic (exact) mass is 410 g/mol. The smallest absolute Gasteiger partial charge is 0.220 e. The van der Waals surface area contributed by atoms with E-state index < -0.39 is 0 Å². The average molecular weight is 411 g/mol. The van der Waals surface area contributed by atoms with E-state index >= 15 is 0 Å². The van der Waals surface area contributed by atoms with Crippen molar-refractivity contribution in [3.8, 4) is 11.5 Å². The van der Waals surface area contributed by atoms with Crippen molar-refractivity contribution in [1.29, 1.82) is 0 Å². The van der Waals surface area contributed by atoms with Crippen LogP contribution in [0, 0.1) is 5.92 Å². The van der Waals surface area contributed by atoms with E-state index in [1.54, 1.807) is 14.2 Å². The van der Waals surface area contributed by atoms with Crippen molar-refractivity contribution in [2.24, 2.45) is 5.92 Å². The quantitative estimate of drug-likeness (QED) is 0.682. The summed E-state index contributed by atoms with van der Waals surface area (Å²) in [6.45, 7) is 6.61. The number of rotatable bonds is 8. The molecule has 1 fully saturated rings. The molecule has 0 bridgehead atoms. The molecule has 2 atom stereocenters. The summed E-state index contributed by atoms with van der Waals surface area (Å²) >= 11 is 0. The van der Waals surface area contributed by atoms with Gasteiger partial charge in [0.15, 0.2) is 11.5 Å². The summed E-state index contributed by atoms with van der Waals surface area (Å²) in [6, 6.07) is 14.4. The highest BCUT2D eigenvalue weighted by Crippen LogP contribution is 2.28. The minimum atomic E-state index is -0.0165. The van der Waals surface area contributed by atoms with Crippen LogP contribution < -0.4 is 19.7 Å². The Bertz CT molecular complexity index is 835. The number of ether oxygens (including phenoxy) is 2. The number of amides is 1. The van der Waals surface area contributed by atoms with Crippen LogP contribution in [0.25, 0.3) is 0 Å². The number of piperidine rings is 1. The van der Waals surface area contributed by atoms with Gasteiger partial charge in [0.2, 0.25) is 5.91 Å². The van der Waals surface area contributed by atoms with E-state index in [0.29, 0.717) is 24.3 Å². The van der Waals surface area contributed by atoms with Gasteiger partial charge >= 0.3 is 0 Å². The Kier molecular flexibility index (Phi) is 7.61. The van der Waals surface area contributed by atoms with Crippen LogP contribution in [0.2, 0.25) is 0 Å². The summed E-state index contributed by atoms with van der Waals surface area (Å²) in [5.74, 6) is 2.18. The molecule has 2 aromatic carbocycles. The van der Waals surface area contributed by atoms with Crippen molar-refractivity contribution in [2.45, 2.75) is 45.6 Å². The van der Waals surface area contributed by atoms with Gasteiger partial charge in [0.1, 0.15) is 0 Å². The fourth-order valence-corrected chi connectivity index (χ4v) is 4.09. The van der Waals surface area contributed by atoms with E-state index in [1.807, 2.05) is 25.1 Å². The molecule has 0 aliphatic carbocycles. The zero-order chi connectivity index (χ0) is 21.5. The van der Waals surface area contributed by atoms with Gasteiger partial charge in [0.05, 0.1) is 20.3 Å². The molecule has 0 aromatic heterocycles. The molecule has 0 saturated carbocycles. The van der Waals surface area contributed by atoms with E-state index in [4.69, 9.17) is 9.47 Å². The largest absolute Gasteiger partial charge is 0.493 e. The second kappa shape index (κ2) is 10.4. The van der Waals surface area contributed by atoms with Crippen LogP contribution in [0.15, 0.2) is 42.5 Å². The van der Waals surface area contributed by atoms with Gasteiger partial charge in [-0.25, -0.2) is 0 Å². The molecule has 1 saturated heterocycles. The first-order valence-corrected chi connectivity index (χ1v) is 10.8. The van der Waals surface area contributed by atoms with Crippen LogP contribution in [0.4, 0.5) is 5.69 Å². The van der Waals surface area contributed by atoms with E-state index in [9.17, 15) is 4.79 Å². The molecule has 5 nitrogen and oxygen atoms in total. The predicted molar refractivity (Wildman–Crippen MR) is 121 cm³/mol. The van der Waals surface area contributed by atoms with Crippen molar-refractivity contribution in [3.05, 3.63) is 53.6 Å². The van der Waals surface area contributed by atoms with E-state index in [2.05, 4.69) is 41.4 Å². The summed E-state index contributed by atoms with van der Waals surface area (Å²) in [7, 11) is 3.24. The van der Waals surface area contributed by atoms with Gasteiger partial charge in [-0.1, -0.05) is 25.1 Å². The molecule has 0 radical (unpaired) electrons. The minimum Gasteiger partial charge on any atom is -0.493 e. The van der Waals surface area contributed by atoms with Gasteiger partial charge in [-0.2, -0.15) is 0 Å². The summed E-state index contributed by atoms with van der Waals surface area (Å²) in [5, 5.41) is 3.12. The Hall–Kier alpha value is -2.69. The first-order chi connectivity index (χ1) is 14.5. The Morgan fingerprint density at radius 1 is 1.13 bits per heavy atom. The Morgan fingerprint density at radius 2 is 1.87 bits per heavy atom. The number of anilines is 1. The fraction of sp³-hybridized carbons (Fsp3) is 0.480. The third-order valence-electron chi connectivity index (χ3n) is 5.88. The Balaban J connectivity index is 1.51. The number of carbonyl (C=O) groups excluding carboxylic acids is 1. The molecule has 1 N–H and O–H groups in total. The van der Waals surface area contributed by atoms with E-state index in [-0.39, 0.29) is 11.9 Å². The third-order valence-corrected chi connectivity index (χ3v) is 5.88. The molecular formula is C25H34N2O3. The molecule has 1 aliphatic heterocycles. The average Bonchev–Trinajstić information content (AvgIpc) is 2.77. The van der Waals surface area contributed by atoms with Crippen LogP contribution in [-0.2, 0) is 11.2 Å². The summed E-state index contributed by atoms with van der Waals surface area (Å²) in [6.07, 6.45) is 3.67. The topological polar surface area (TPSA) is 50.8 Å². The maximum absolute atomic E-state index is 12.5. The van der Waals surface area contributed by atoms with Crippen molar-refractivity contribution in [2.75, 3.05) is 32.2 Å². The Morgan fingerprint density at radius 3 is 2.53 bits per heavy atom. The third kappa shape index (κ3) is 5.68. The molecule has 162 valence electrons. The van der Waals surface area contributed by atoms with Crippen molar-refractivity contribution in [1.82, 2.24) is 5.32 Å². The fourth-order valence-electron chi connectivity index (χ4n) is 4.09. The standard InChI is InChI=1S/C25H34N2O3/c1-18-6-5-15-27(17-18)22-11-9-21(10-12-22)19(2)26-25(28)14-8-20-7-13-23(29-3)24(16-20)30-4/h7,9-13,16,18-19H,5-6,8,14-15,17H2,1-4H3,(H,26,28)/t18-,19-/m1/s1. The second-order valence-corrected chi connectivity index (χ2v) is 8.26. The summed E-state index contributed by atoms with van der Waals surface area (Å²) in [4.78, 5) is 14.9. The van der Waals surface area contributed by atoms with Gasteiger partial charge in [0.25, 0.3) is 0 Å². The Labute approximate surface area is 180 Å². The highest BCUT2D eigenvalue weighted by Gasteiger charge is 2.17. The number of hydrogen-bond donors (Lipinski definition) is 1. The number of aryl methyl sites for hydroxylation is 1. The van der Waals surface area contributed by atoms with Crippen molar-refractivity contribution >= 4 is 11.6 Å². The second-order valence-electron chi connectivity index (χ2n) is 8.26. The van der Waals surface area contributed by atoms with Gasteiger partial charge in [-0.05, 0) is 67.5 Å². The molecule has 1 amide bonds. The molecular weight excluding hydrogens is 376 g/mol. The lowest BCUT2D eigenvalue weighted by atomic mass is 9.99. The predicted octanol–water partition coefficient (Wildman–Crippen LogP) is 4.75. The van der Waals surface area contributed by atoms with Crippen LogP contribution in [0.3, 0.4) is 0 Å². The number of nitrogens with one attached hydrogen (secondary N) is 1. The molecule has 2 aromatic rings. The van der Waals surface area contributed by atoms with Crippen LogP contribution in [0.1, 0.15) is 50.3 Å². The van der Waals surface area contributed by atoms with Crippen LogP contribution >= 0.6 is 0 Å². The minimum absolute atomic E-state index is 0.0165. The highest BCUT2D eigenvalue weighted by atomic mass is 16.5. The molecule has 0 unspecified atom stereocenters. The lowest BCUT2D eigenvalue weighted by Gasteiger charge is -2.33. The van der Waals surface area contributed by atoms with Crippen molar-refractivity contribution < 1.29 is 14.3 Å². The van der Waals surface area contributed by atoms with Gasteiger partial charge in [-0.15, -0.1) is 0 Å². The lowest BCUT2D eigenvalue weighted by Crippen LogP contribution is -2.34. The summed E-state index contributed by atoms with van der Waals surface area (Å²) in [5.41, 5.74) is 3.45. The van der Waals surface area contributed by atoms with Crippen LogP contribution in [-0.4, -0.2) is 33.2 Å².